The average molecular weight is 261 g/mol. The Bertz CT molecular complexity index is 599. The number of aromatic nitrogens is 2. The molecule has 2 aromatic rings. The van der Waals surface area contributed by atoms with Crippen LogP contribution in [0.15, 0.2) is 36.8 Å². The first kappa shape index (κ1) is 12.4. The molecule has 1 N–H and O–H groups in total. The second kappa shape index (κ2) is 5.04. The van der Waals surface area contributed by atoms with Crippen molar-refractivity contribution in [2.45, 2.75) is 0 Å². The predicted octanol–water partition coefficient (Wildman–Crippen LogP) is 2.04. The molecule has 0 amide bonds. The van der Waals surface area contributed by atoms with Crippen LogP contribution in [0.3, 0.4) is 0 Å². The SMILES string of the molecule is O=[N+]([O-])c1cncc([N+](=O)[O-])c1Nc1ccccn1. The first-order valence-corrected chi connectivity index (χ1v) is 5.04. The van der Waals surface area contributed by atoms with Crippen molar-refractivity contribution in [1.29, 1.82) is 0 Å². The van der Waals surface area contributed by atoms with Crippen LogP contribution in [0, 0.1) is 20.2 Å². The maximum absolute atomic E-state index is 10.9. The van der Waals surface area contributed by atoms with E-state index in [0.717, 1.165) is 12.4 Å². The fraction of sp³-hybridized carbons (Fsp3) is 0. The zero-order chi connectivity index (χ0) is 13.8. The summed E-state index contributed by atoms with van der Waals surface area (Å²) in [6.45, 7) is 0. The smallest absolute Gasteiger partial charge is 0.317 e. The Morgan fingerprint density at radius 1 is 1.05 bits per heavy atom. The van der Waals surface area contributed by atoms with Crippen LogP contribution >= 0.6 is 0 Å². The van der Waals surface area contributed by atoms with E-state index in [1.165, 1.54) is 12.3 Å². The van der Waals surface area contributed by atoms with E-state index < -0.39 is 21.2 Å². The van der Waals surface area contributed by atoms with Gasteiger partial charge in [0, 0.05) is 6.20 Å². The zero-order valence-electron chi connectivity index (χ0n) is 9.39. The Morgan fingerprint density at radius 2 is 1.68 bits per heavy atom. The van der Waals surface area contributed by atoms with E-state index in [4.69, 9.17) is 0 Å². The molecule has 2 aromatic heterocycles. The highest BCUT2D eigenvalue weighted by atomic mass is 16.6. The van der Waals surface area contributed by atoms with Crippen LogP contribution in [0.1, 0.15) is 0 Å². The minimum atomic E-state index is -0.745. The second-order valence-electron chi connectivity index (χ2n) is 3.41. The van der Waals surface area contributed by atoms with E-state index in [1.807, 2.05) is 0 Å². The Balaban J connectivity index is 2.52. The van der Waals surface area contributed by atoms with Crippen molar-refractivity contribution in [1.82, 2.24) is 9.97 Å². The molecule has 0 spiro atoms. The van der Waals surface area contributed by atoms with Gasteiger partial charge in [-0.3, -0.25) is 25.2 Å². The molecule has 96 valence electrons. The van der Waals surface area contributed by atoms with Crippen molar-refractivity contribution in [2.24, 2.45) is 0 Å². The summed E-state index contributed by atoms with van der Waals surface area (Å²) >= 11 is 0. The summed E-state index contributed by atoms with van der Waals surface area (Å²) in [6.07, 6.45) is 3.34. The quantitative estimate of drug-likeness (QED) is 0.659. The van der Waals surface area contributed by atoms with Crippen molar-refractivity contribution >= 4 is 22.9 Å². The molecule has 0 saturated heterocycles. The maximum atomic E-state index is 10.9. The molecule has 0 bridgehead atoms. The number of anilines is 2. The lowest BCUT2D eigenvalue weighted by atomic mass is 10.3. The molecule has 0 atom stereocenters. The van der Waals surface area contributed by atoms with Gasteiger partial charge in [0.15, 0.2) is 0 Å². The van der Waals surface area contributed by atoms with E-state index in [-0.39, 0.29) is 11.5 Å². The molecule has 0 saturated carbocycles. The summed E-state index contributed by atoms with van der Waals surface area (Å²) in [7, 11) is 0. The third-order valence-corrected chi connectivity index (χ3v) is 2.22. The Kier molecular flexibility index (Phi) is 3.28. The number of hydrogen-bond acceptors (Lipinski definition) is 7. The number of nitrogens with one attached hydrogen (secondary N) is 1. The summed E-state index contributed by atoms with van der Waals surface area (Å²) < 4.78 is 0. The molecule has 0 unspecified atom stereocenters. The summed E-state index contributed by atoms with van der Waals surface area (Å²) in [5, 5.41) is 24.3. The fourth-order valence-corrected chi connectivity index (χ4v) is 1.41. The molecule has 9 heteroatoms. The van der Waals surface area contributed by atoms with E-state index in [2.05, 4.69) is 15.3 Å². The van der Waals surface area contributed by atoms with Gasteiger partial charge in [-0.2, -0.15) is 0 Å². The molecule has 0 radical (unpaired) electrons. The topological polar surface area (TPSA) is 124 Å². The van der Waals surface area contributed by atoms with Crippen molar-refractivity contribution in [3.63, 3.8) is 0 Å². The lowest BCUT2D eigenvalue weighted by Crippen LogP contribution is -2.03. The van der Waals surface area contributed by atoms with Gasteiger partial charge in [-0.25, -0.2) is 4.98 Å². The number of nitrogens with zero attached hydrogens (tertiary/aromatic N) is 4. The van der Waals surface area contributed by atoms with Crippen LogP contribution in [0.2, 0.25) is 0 Å². The fourth-order valence-electron chi connectivity index (χ4n) is 1.41. The van der Waals surface area contributed by atoms with Crippen molar-refractivity contribution in [2.75, 3.05) is 5.32 Å². The zero-order valence-corrected chi connectivity index (χ0v) is 9.39. The monoisotopic (exact) mass is 261 g/mol. The summed E-state index contributed by atoms with van der Waals surface area (Å²) in [6, 6.07) is 4.84. The Labute approximate surface area is 106 Å². The number of rotatable bonds is 4. The van der Waals surface area contributed by atoms with E-state index in [0.29, 0.717) is 0 Å². The number of pyridine rings is 2. The highest BCUT2D eigenvalue weighted by Gasteiger charge is 2.26. The van der Waals surface area contributed by atoms with Crippen LogP contribution in [-0.2, 0) is 0 Å². The van der Waals surface area contributed by atoms with Gasteiger partial charge in [0.25, 0.3) is 0 Å². The minimum Gasteiger partial charge on any atom is -0.329 e. The van der Waals surface area contributed by atoms with Crippen LogP contribution in [0.5, 0.6) is 0 Å². The van der Waals surface area contributed by atoms with Crippen molar-refractivity contribution in [3.8, 4) is 0 Å². The number of nitro groups is 2. The Morgan fingerprint density at radius 3 is 2.16 bits per heavy atom. The Hall–Kier alpha value is -3.10. The van der Waals surface area contributed by atoms with Gasteiger partial charge in [0.05, 0.1) is 9.85 Å². The largest absolute Gasteiger partial charge is 0.329 e. The van der Waals surface area contributed by atoms with Crippen LogP contribution < -0.4 is 5.32 Å². The van der Waals surface area contributed by atoms with Gasteiger partial charge in [-0.1, -0.05) is 6.07 Å². The van der Waals surface area contributed by atoms with Gasteiger partial charge in [0.2, 0.25) is 5.69 Å². The first-order valence-electron chi connectivity index (χ1n) is 5.04. The van der Waals surface area contributed by atoms with Crippen LogP contribution in [0.4, 0.5) is 22.9 Å². The highest BCUT2D eigenvalue weighted by molar-refractivity contribution is 5.76. The standard InChI is InChI=1S/C10H7N5O4/c16-14(17)7-5-11-6-8(15(18)19)10(7)13-9-3-1-2-4-12-9/h1-6H,(H,11,12,13). The number of hydrogen-bond donors (Lipinski definition) is 1. The minimum absolute atomic E-state index is 0.247. The molecule has 2 rings (SSSR count). The molecule has 2 heterocycles. The van der Waals surface area contributed by atoms with Gasteiger partial charge >= 0.3 is 11.4 Å². The molecule has 9 nitrogen and oxygen atoms in total. The lowest BCUT2D eigenvalue weighted by molar-refractivity contribution is -0.392. The third kappa shape index (κ3) is 2.60. The predicted molar refractivity (Wildman–Crippen MR) is 65.1 cm³/mol. The average Bonchev–Trinajstić information content (AvgIpc) is 2.39. The maximum Gasteiger partial charge on any atom is 0.317 e. The first-order chi connectivity index (χ1) is 9.09. The van der Waals surface area contributed by atoms with Gasteiger partial charge in [-0.05, 0) is 12.1 Å². The van der Waals surface area contributed by atoms with Crippen molar-refractivity contribution in [3.05, 3.63) is 57.0 Å². The summed E-state index contributed by atoms with van der Waals surface area (Å²) in [4.78, 5) is 27.6. The van der Waals surface area contributed by atoms with Gasteiger partial charge < -0.3 is 5.32 Å². The van der Waals surface area contributed by atoms with Crippen LogP contribution in [-0.4, -0.2) is 19.8 Å². The second-order valence-corrected chi connectivity index (χ2v) is 3.41. The molecule has 0 fully saturated rings. The summed E-state index contributed by atoms with van der Waals surface area (Å²) in [5.74, 6) is 0.264. The normalized spacial score (nSPS) is 9.89. The van der Waals surface area contributed by atoms with Gasteiger partial charge in [0.1, 0.15) is 18.2 Å². The highest BCUT2D eigenvalue weighted by Crippen LogP contribution is 2.34. The molecule has 0 aromatic carbocycles. The lowest BCUT2D eigenvalue weighted by Gasteiger charge is -2.05. The molecule has 0 aliphatic rings. The molecule has 19 heavy (non-hydrogen) atoms. The van der Waals surface area contributed by atoms with E-state index in [1.54, 1.807) is 12.1 Å². The molecular formula is C10H7N5O4. The van der Waals surface area contributed by atoms with Crippen molar-refractivity contribution < 1.29 is 9.85 Å². The molecule has 0 aliphatic carbocycles. The molecular weight excluding hydrogens is 254 g/mol. The summed E-state index contributed by atoms with van der Waals surface area (Å²) in [5.41, 5.74) is -1.22. The third-order valence-electron chi connectivity index (χ3n) is 2.22. The molecule has 0 aliphatic heterocycles. The van der Waals surface area contributed by atoms with E-state index >= 15 is 0 Å². The van der Waals surface area contributed by atoms with Gasteiger partial charge in [-0.15, -0.1) is 0 Å². The van der Waals surface area contributed by atoms with Crippen LogP contribution in [0.25, 0.3) is 0 Å². The van der Waals surface area contributed by atoms with E-state index in [9.17, 15) is 20.2 Å².